The SMILES string of the molecule is O=C(Nc1ccc(F)c(Cl)c1)Nc1cc(CC2CC2)nn1-c1ccccc1. The molecule has 2 amide bonds. The molecule has 2 N–H and O–H groups in total. The molecule has 4 rings (SSSR count). The molecule has 138 valence electrons. The lowest BCUT2D eigenvalue weighted by Crippen LogP contribution is -2.21. The average Bonchev–Trinajstić information content (AvgIpc) is 3.38. The Balaban J connectivity index is 1.55. The van der Waals surface area contributed by atoms with Gasteiger partial charge in [0.05, 0.1) is 16.4 Å². The van der Waals surface area contributed by atoms with Crippen LogP contribution in [0.2, 0.25) is 5.02 Å². The third-order valence-electron chi connectivity index (χ3n) is 4.37. The molecule has 0 atom stereocenters. The van der Waals surface area contributed by atoms with Gasteiger partial charge in [-0.3, -0.25) is 5.32 Å². The van der Waals surface area contributed by atoms with Crippen molar-refractivity contribution >= 4 is 29.1 Å². The Morgan fingerprint density at radius 1 is 1.15 bits per heavy atom. The van der Waals surface area contributed by atoms with Crippen molar-refractivity contribution < 1.29 is 9.18 Å². The van der Waals surface area contributed by atoms with E-state index in [1.54, 1.807) is 4.68 Å². The first-order valence-electron chi connectivity index (χ1n) is 8.76. The monoisotopic (exact) mass is 384 g/mol. The van der Waals surface area contributed by atoms with Crippen LogP contribution in [0, 0.1) is 11.7 Å². The van der Waals surface area contributed by atoms with E-state index in [0.717, 1.165) is 17.8 Å². The van der Waals surface area contributed by atoms with Gasteiger partial charge in [-0.15, -0.1) is 0 Å². The van der Waals surface area contributed by atoms with Crippen molar-refractivity contribution in [3.63, 3.8) is 0 Å². The van der Waals surface area contributed by atoms with Crippen LogP contribution < -0.4 is 10.6 Å². The molecule has 1 aromatic heterocycles. The standard InChI is InChI=1S/C20H18ClFN4O/c21-17-11-14(8-9-18(17)22)23-20(27)24-19-12-15(10-13-6-7-13)25-26(19)16-4-2-1-3-5-16/h1-5,8-9,11-13H,6-7,10H2,(H2,23,24,27). The Hall–Kier alpha value is -2.86. The van der Waals surface area contributed by atoms with E-state index in [1.165, 1.54) is 31.0 Å². The summed E-state index contributed by atoms with van der Waals surface area (Å²) in [5.74, 6) is 0.726. The lowest BCUT2D eigenvalue weighted by molar-refractivity contribution is 0.262. The van der Waals surface area contributed by atoms with E-state index in [2.05, 4.69) is 15.7 Å². The zero-order chi connectivity index (χ0) is 18.8. The fraction of sp³-hybridized carbons (Fsp3) is 0.200. The van der Waals surface area contributed by atoms with Gasteiger partial charge in [0.2, 0.25) is 0 Å². The lowest BCUT2D eigenvalue weighted by Gasteiger charge is -2.10. The van der Waals surface area contributed by atoms with Crippen LogP contribution in [0.5, 0.6) is 0 Å². The van der Waals surface area contributed by atoms with Gasteiger partial charge in [-0.05, 0) is 55.5 Å². The molecule has 1 fully saturated rings. The molecule has 0 spiro atoms. The second kappa shape index (κ2) is 7.40. The first kappa shape index (κ1) is 17.5. The van der Waals surface area contributed by atoms with Gasteiger partial charge in [-0.25, -0.2) is 13.9 Å². The number of aromatic nitrogens is 2. The zero-order valence-electron chi connectivity index (χ0n) is 14.5. The molecule has 1 aliphatic rings. The third-order valence-corrected chi connectivity index (χ3v) is 4.66. The molecule has 0 unspecified atom stereocenters. The Morgan fingerprint density at radius 2 is 1.93 bits per heavy atom. The van der Waals surface area contributed by atoms with Crippen molar-refractivity contribution in [2.45, 2.75) is 19.3 Å². The third kappa shape index (κ3) is 4.28. The maximum absolute atomic E-state index is 13.3. The molecule has 1 saturated carbocycles. The highest BCUT2D eigenvalue weighted by atomic mass is 35.5. The van der Waals surface area contributed by atoms with Crippen LogP contribution in [0.15, 0.2) is 54.6 Å². The van der Waals surface area contributed by atoms with E-state index in [-0.39, 0.29) is 5.02 Å². The molecule has 0 bridgehead atoms. The quantitative estimate of drug-likeness (QED) is 0.630. The van der Waals surface area contributed by atoms with Gasteiger partial charge in [0.15, 0.2) is 0 Å². The summed E-state index contributed by atoms with van der Waals surface area (Å²) in [6, 6.07) is 15.1. The van der Waals surface area contributed by atoms with Gasteiger partial charge in [0, 0.05) is 11.8 Å². The Kier molecular flexibility index (Phi) is 4.81. The topological polar surface area (TPSA) is 59.0 Å². The summed E-state index contributed by atoms with van der Waals surface area (Å²) in [6.07, 6.45) is 3.36. The van der Waals surface area contributed by atoms with Gasteiger partial charge in [0.25, 0.3) is 0 Å². The zero-order valence-corrected chi connectivity index (χ0v) is 15.2. The second-order valence-corrected chi connectivity index (χ2v) is 7.03. The summed E-state index contributed by atoms with van der Waals surface area (Å²) in [4.78, 5) is 12.4. The van der Waals surface area contributed by atoms with Crippen LogP contribution in [0.25, 0.3) is 5.69 Å². The number of nitrogens with one attached hydrogen (secondary N) is 2. The lowest BCUT2D eigenvalue weighted by atomic mass is 10.2. The number of carbonyl (C=O) groups is 1. The van der Waals surface area contributed by atoms with E-state index in [4.69, 9.17) is 11.6 Å². The van der Waals surface area contributed by atoms with Crippen LogP contribution in [-0.2, 0) is 6.42 Å². The first-order valence-corrected chi connectivity index (χ1v) is 9.14. The molecule has 0 saturated heterocycles. The first-order chi connectivity index (χ1) is 13.1. The van der Waals surface area contributed by atoms with E-state index in [1.807, 2.05) is 36.4 Å². The number of hydrogen-bond donors (Lipinski definition) is 2. The summed E-state index contributed by atoms with van der Waals surface area (Å²) in [5, 5.41) is 10.1. The molecule has 0 aliphatic heterocycles. The van der Waals surface area contributed by atoms with Crippen LogP contribution in [-0.4, -0.2) is 15.8 Å². The predicted molar refractivity (Wildman–Crippen MR) is 104 cm³/mol. The fourth-order valence-corrected chi connectivity index (χ4v) is 3.04. The summed E-state index contributed by atoms with van der Waals surface area (Å²) < 4.78 is 15.0. The highest BCUT2D eigenvalue weighted by Gasteiger charge is 2.24. The van der Waals surface area contributed by atoms with Crippen LogP contribution >= 0.6 is 11.6 Å². The number of benzene rings is 2. The van der Waals surface area contributed by atoms with Gasteiger partial charge in [-0.1, -0.05) is 29.8 Å². The van der Waals surface area contributed by atoms with Crippen molar-refractivity contribution in [3.05, 3.63) is 71.1 Å². The summed E-state index contributed by atoms with van der Waals surface area (Å²) in [5.41, 5.74) is 2.21. The normalized spacial score (nSPS) is 13.4. The molecule has 1 heterocycles. The Morgan fingerprint density at radius 3 is 2.63 bits per heavy atom. The highest BCUT2D eigenvalue weighted by molar-refractivity contribution is 6.31. The number of nitrogens with zero attached hydrogens (tertiary/aromatic N) is 2. The molecule has 2 aromatic carbocycles. The molecule has 3 aromatic rings. The highest BCUT2D eigenvalue weighted by Crippen LogP contribution is 2.33. The van der Waals surface area contributed by atoms with Crippen molar-refractivity contribution in [2.75, 3.05) is 10.6 Å². The van der Waals surface area contributed by atoms with Crippen LogP contribution in [0.3, 0.4) is 0 Å². The van der Waals surface area contributed by atoms with Crippen molar-refractivity contribution in [1.82, 2.24) is 9.78 Å². The number of halogens is 2. The second-order valence-electron chi connectivity index (χ2n) is 6.62. The number of urea groups is 1. The average molecular weight is 385 g/mol. The largest absolute Gasteiger partial charge is 0.324 e. The molecule has 5 nitrogen and oxygen atoms in total. The molecular formula is C20H18ClFN4O. The number of para-hydroxylation sites is 1. The van der Waals surface area contributed by atoms with E-state index < -0.39 is 11.8 Å². The van der Waals surface area contributed by atoms with Gasteiger partial charge >= 0.3 is 6.03 Å². The minimum atomic E-state index is -0.533. The van der Waals surface area contributed by atoms with Crippen LogP contribution in [0.4, 0.5) is 20.7 Å². The number of hydrogen-bond acceptors (Lipinski definition) is 2. The predicted octanol–water partition coefficient (Wildman–Crippen LogP) is 5.26. The fourth-order valence-electron chi connectivity index (χ4n) is 2.86. The van der Waals surface area contributed by atoms with Crippen LogP contribution in [0.1, 0.15) is 18.5 Å². The maximum atomic E-state index is 13.3. The summed E-state index contributed by atoms with van der Waals surface area (Å²) in [7, 11) is 0. The summed E-state index contributed by atoms with van der Waals surface area (Å²) in [6.45, 7) is 0. The maximum Gasteiger partial charge on any atom is 0.324 e. The Labute approximate surface area is 161 Å². The molecule has 0 radical (unpaired) electrons. The number of carbonyl (C=O) groups excluding carboxylic acids is 1. The number of amides is 2. The number of anilines is 2. The molecule has 1 aliphatic carbocycles. The van der Waals surface area contributed by atoms with Crippen molar-refractivity contribution in [1.29, 1.82) is 0 Å². The number of rotatable bonds is 5. The summed E-state index contributed by atoms with van der Waals surface area (Å²) >= 11 is 5.76. The minimum Gasteiger partial charge on any atom is -0.308 e. The Bertz CT molecular complexity index is 969. The van der Waals surface area contributed by atoms with Crippen molar-refractivity contribution in [2.24, 2.45) is 5.92 Å². The van der Waals surface area contributed by atoms with E-state index in [0.29, 0.717) is 17.4 Å². The van der Waals surface area contributed by atoms with Gasteiger partial charge < -0.3 is 5.32 Å². The van der Waals surface area contributed by atoms with E-state index >= 15 is 0 Å². The van der Waals surface area contributed by atoms with E-state index in [9.17, 15) is 9.18 Å². The molecule has 27 heavy (non-hydrogen) atoms. The van der Waals surface area contributed by atoms with Gasteiger partial charge in [0.1, 0.15) is 11.6 Å². The molecular weight excluding hydrogens is 367 g/mol. The smallest absolute Gasteiger partial charge is 0.308 e. The molecule has 7 heteroatoms. The minimum absolute atomic E-state index is 0.0474. The van der Waals surface area contributed by atoms with Gasteiger partial charge in [-0.2, -0.15) is 5.10 Å². The van der Waals surface area contributed by atoms with Crippen molar-refractivity contribution in [3.8, 4) is 5.69 Å².